The summed E-state index contributed by atoms with van der Waals surface area (Å²) in [5.41, 5.74) is 6.66. The first kappa shape index (κ1) is 20.4. The lowest BCUT2D eigenvalue weighted by Crippen LogP contribution is -2.46. The number of halogens is 2. The molecule has 3 rings (SSSR count). The largest absolute Gasteiger partial charge is 0.372 e. The minimum absolute atomic E-state index is 0.00250. The molecule has 148 valence electrons. The predicted octanol–water partition coefficient (Wildman–Crippen LogP) is 3.44. The Hall–Kier alpha value is -2.29. The summed E-state index contributed by atoms with van der Waals surface area (Å²) >= 11 is 1.19. The van der Waals surface area contributed by atoms with Crippen LogP contribution >= 0.6 is 11.8 Å². The lowest BCUT2D eigenvalue weighted by Gasteiger charge is -2.36. The number of amides is 1. The van der Waals surface area contributed by atoms with Gasteiger partial charge in [-0.3, -0.25) is 4.79 Å². The van der Waals surface area contributed by atoms with E-state index in [0.717, 1.165) is 23.8 Å². The zero-order chi connectivity index (χ0) is 20.3. The zero-order valence-electron chi connectivity index (χ0n) is 15.6. The Balaban J connectivity index is 2.15. The number of nitrogens with two attached hydrogens (primary N) is 1. The minimum Gasteiger partial charge on any atom is -0.372 e. The highest BCUT2D eigenvalue weighted by Crippen LogP contribution is 2.50. The SMILES string of the molecule is COC(C)C(=O)N1N=C(c2cc(F)ccc2F)SC1(CCN)c1ccccc1. The summed E-state index contributed by atoms with van der Waals surface area (Å²) < 4.78 is 33.3. The minimum atomic E-state index is -0.978. The van der Waals surface area contributed by atoms with E-state index in [2.05, 4.69) is 5.10 Å². The van der Waals surface area contributed by atoms with Gasteiger partial charge in [-0.2, -0.15) is 5.10 Å². The molecule has 0 aliphatic carbocycles. The fourth-order valence-corrected chi connectivity index (χ4v) is 4.44. The molecule has 8 heteroatoms. The van der Waals surface area contributed by atoms with Crippen LogP contribution < -0.4 is 5.73 Å². The molecule has 0 saturated heterocycles. The maximum absolute atomic E-state index is 14.4. The molecule has 0 bridgehead atoms. The number of benzene rings is 2. The number of hydrazone groups is 1. The first-order valence-corrected chi connectivity index (χ1v) is 9.60. The Labute approximate surface area is 166 Å². The molecule has 0 saturated carbocycles. The van der Waals surface area contributed by atoms with Crippen molar-refractivity contribution in [3.8, 4) is 0 Å². The first-order valence-electron chi connectivity index (χ1n) is 8.78. The molecule has 0 aromatic heterocycles. The summed E-state index contributed by atoms with van der Waals surface area (Å²) in [5.74, 6) is -1.59. The first-order chi connectivity index (χ1) is 13.4. The van der Waals surface area contributed by atoms with Crippen molar-refractivity contribution in [2.45, 2.75) is 24.3 Å². The normalized spacial score (nSPS) is 20.2. The smallest absolute Gasteiger partial charge is 0.273 e. The van der Waals surface area contributed by atoms with E-state index >= 15 is 0 Å². The maximum Gasteiger partial charge on any atom is 0.273 e. The number of carbonyl (C=O) groups is 1. The molecule has 1 amide bonds. The third-order valence-electron chi connectivity index (χ3n) is 4.58. The van der Waals surface area contributed by atoms with Gasteiger partial charge in [0.2, 0.25) is 0 Å². The van der Waals surface area contributed by atoms with Crippen molar-refractivity contribution in [2.75, 3.05) is 13.7 Å². The summed E-state index contributed by atoms with van der Waals surface area (Å²) in [6.45, 7) is 1.88. The molecular weight excluding hydrogens is 384 g/mol. The third kappa shape index (κ3) is 3.67. The molecule has 28 heavy (non-hydrogen) atoms. The van der Waals surface area contributed by atoms with Crippen LogP contribution in [0.1, 0.15) is 24.5 Å². The van der Waals surface area contributed by atoms with Gasteiger partial charge in [0.25, 0.3) is 5.91 Å². The molecule has 2 N–H and O–H groups in total. The molecule has 0 radical (unpaired) electrons. The zero-order valence-corrected chi connectivity index (χ0v) is 16.4. The summed E-state index contributed by atoms with van der Waals surface area (Å²) in [6, 6.07) is 12.4. The number of hydrogen-bond acceptors (Lipinski definition) is 5. The van der Waals surface area contributed by atoms with Gasteiger partial charge >= 0.3 is 0 Å². The molecule has 2 atom stereocenters. The van der Waals surface area contributed by atoms with E-state index in [0.29, 0.717) is 6.42 Å². The van der Waals surface area contributed by atoms with Crippen LogP contribution in [-0.4, -0.2) is 35.7 Å². The standard InChI is InChI=1S/C20H21F2N3O2S/c1-13(27-2)19(26)25-20(10-11-23,14-6-4-3-5-7-14)28-18(24-25)16-12-15(21)8-9-17(16)22/h3-9,12-13H,10-11,23H2,1-2H3. The fraction of sp³-hybridized carbons (Fsp3) is 0.300. The lowest BCUT2D eigenvalue weighted by atomic mass is 10.0. The number of rotatable bonds is 6. The van der Waals surface area contributed by atoms with E-state index in [1.807, 2.05) is 30.3 Å². The highest BCUT2D eigenvalue weighted by Gasteiger charge is 2.49. The van der Waals surface area contributed by atoms with Crippen molar-refractivity contribution in [1.82, 2.24) is 5.01 Å². The van der Waals surface area contributed by atoms with Gasteiger partial charge in [0.05, 0.1) is 0 Å². The summed E-state index contributed by atoms with van der Waals surface area (Å²) in [7, 11) is 1.43. The van der Waals surface area contributed by atoms with Gasteiger partial charge < -0.3 is 10.5 Å². The van der Waals surface area contributed by atoms with Crippen LogP contribution in [0.5, 0.6) is 0 Å². The molecule has 5 nitrogen and oxygen atoms in total. The fourth-order valence-electron chi connectivity index (χ4n) is 3.04. The Morgan fingerprint density at radius 3 is 2.64 bits per heavy atom. The van der Waals surface area contributed by atoms with Crippen LogP contribution in [0.4, 0.5) is 8.78 Å². The topological polar surface area (TPSA) is 67.9 Å². The molecule has 2 unspecified atom stereocenters. The number of thioether (sulfide) groups is 1. The van der Waals surface area contributed by atoms with Crippen molar-refractivity contribution < 1.29 is 18.3 Å². The Morgan fingerprint density at radius 1 is 1.29 bits per heavy atom. The number of carbonyl (C=O) groups excluding carboxylic acids is 1. The summed E-state index contributed by atoms with van der Waals surface area (Å²) in [6.07, 6.45) is -0.393. The van der Waals surface area contributed by atoms with E-state index in [1.54, 1.807) is 6.92 Å². The predicted molar refractivity (Wildman–Crippen MR) is 106 cm³/mol. The maximum atomic E-state index is 14.4. The molecular formula is C20H21F2N3O2S. The number of nitrogens with zero attached hydrogens (tertiary/aromatic N) is 2. The second-order valence-electron chi connectivity index (χ2n) is 6.35. The van der Waals surface area contributed by atoms with Gasteiger partial charge in [0.15, 0.2) is 0 Å². The third-order valence-corrected chi connectivity index (χ3v) is 6.02. The second-order valence-corrected chi connectivity index (χ2v) is 7.61. The average Bonchev–Trinajstić information content (AvgIpc) is 3.10. The Bertz CT molecular complexity index is 894. The van der Waals surface area contributed by atoms with Gasteiger partial charge in [0, 0.05) is 12.7 Å². The highest BCUT2D eigenvalue weighted by atomic mass is 32.2. The van der Waals surface area contributed by atoms with Crippen LogP contribution in [-0.2, 0) is 14.4 Å². The average molecular weight is 405 g/mol. The molecule has 1 aliphatic rings. The highest BCUT2D eigenvalue weighted by molar-refractivity contribution is 8.15. The Morgan fingerprint density at radius 2 is 2.00 bits per heavy atom. The molecule has 0 fully saturated rings. The molecule has 2 aromatic rings. The van der Waals surface area contributed by atoms with Crippen LogP contribution in [0.25, 0.3) is 0 Å². The van der Waals surface area contributed by atoms with Crippen molar-refractivity contribution in [1.29, 1.82) is 0 Å². The van der Waals surface area contributed by atoms with Gasteiger partial charge in [0.1, 0.15) is 27.7 Å². The van der Waals surface area contributed by atoms with Crippen molar-refractivity contribution in [3.05, 3.63) is 71.3 Å². The van der Waals surface area contributed by atoms with Gasteiger partial charge in [-0.1, -0.05) is 42.1 Å². The monoisotopic (exact) mass is 405 g/mol. The van der Waals surface area contributed by atoms with Gasteiger partial charge in [-0.15, -0.1) is 0 Å². The Kier molecular flexibility index (Phi) is 6.12. The summed E-state index contributed by atoms with van der Waals surface area (Å²) in [4.78, 5) is 12.1. The molecule has 1 aliphatic heterocycles. The molecule has 0 spiro atoms. The van der Waals surface area contributed by atoms with E-state index < -0.39 is 22.6 Å². The second kappa shape index (κ2) is 8.38. The number of methoxy groups -OCH3 is 1. The lowest BCUT2D eigenvalue weighted by molar-refractivity contribution is -0.144. The van der Waals surface area contributed by atoms with Gasteiger partial charge in [-0.25, -0.2) is 13.8 Å². The van der Waals surface area contributed by atoms with Crippen LogP contribution in [0, 0.1) is 11.6 Å². The molecule has 2 aromatic carbocycles. The van der Waals surface area contributed by atoms with Crippen LogP contribution in [0.3, 0.4) is 0 Å². The number of ether oxygens (including phenoxy) is 1. The molecule has 1 heterocycles. The number of hydrogen-bond donors (Lipinski definition) is 1. The van der Waals surface area contributed by atoms with E-state index in [1.165, 1.54) is 23.9 Å². The summed E-state index contributed by atoms with van der Waals surface area (Å²) in [5, 5.41) is 5.91. The van der Waals surface area contributed by atoms with Gasteiger partial charge in [-0.05, 0) is 43.7 Å². The van der Waals surface area contributed by atoms with E-state index in [4.69, 9.17) is 10.5 Å². The van der Waals surface area contributed by atoms with E-state index in [9.17, 15) is 13.6 Å². The van der Waals surface area contributed by atoms with Crippen molar-refractivity contribution in [2.24, 2.45) is 10.8 Å². The quantitative estimate of drug-likeness (QED) is 0.800. The van der Waals surface area contributed by atoms with Crippen LogP contribution in [0.2, 0.25) is 0 Å². The van der Waals surface area contributed by atoms with Crippen molar-refractivity contribution >= 4 is 22.7 Å². The van der Waals surface area contributed by atoms with Crippen LogP contribution in [0.15, 0.2) is 53.6 Å². The van der Waals surface area contributed by atoms with E-state index in [-0.39, 0.29) is 23.1 Å². The van der Waals surface area contributed by atoms with Crippen molar-refractivity contribution in [3.63, 3.8) is 0 Å².